The molecule has 0 aliphatic heterocycles. The average molecular weight is 516 g/mol. The third-order valence-corrected chi connectivity index (χ3v) is 6.35. The normalized spacial score (nSPS) is 12.2. The molecular formula is C22H18ClN5O6S. The van der Waals surface area contributed by atoms with Gasteiger partial charge in [0.05, 0.1) is 10.5 Å². The molecule has 0 bridgehead atoms. The lowest BCUT2D eigenvalue weighted by Gasteiger charge is -2.16. The van der Waals surface area contributed by atoms with E-state index in [1.807, 2.05) is 0 Å². The number of carbonyl (C=O) groups is 2. The number of benzene rings is 2. The third-order valence-electron chi connectivity index (χ3n) is 4.78. The molecule has 13 heteroatoms. The number of amides is 1. The van der Waals surface area contributed by atoms with E-state index in [0.717, 1.165) is 0 Å². The number of oxazole rings is 1. The molecule has 0 aliphatic carbocycles. The molecule has 2 aromatic heterocycles. The van der Waals surface area contributed by atoms with E-state index in [9.17, 15) is 18.0 Å². The van der Waals surface area contributed by atoms with Crippen LogP contribution < -0.4 is 10.0 Å². The highest BCUT2D eigenvalue weighted by Crippen LogP contribution is 2.19. The molecule has 2 aromatic carbocycles. The first-order chi connectivity index (χ1) is 16.7. The zero-order valence-corrected chi connectivity index (χ0v) is 19.7. The summed E-state index contributed by atoms with van der Waals surface area (Å²) in [6, 6.07) is 12.8. The van der Waals surface area contributed by atoms with Gasteiger partial charge in [0.1, 0.15) is 5.52 Å². The van der Waals surface area contributed by atoms with Crippen LogP contribution in [0.2, 0.25) is 5.15 Å². The van der Waals surface area contributed by atoms with E-state index in [2.05, 4.69) is 25.2 Å². The summed E-state index contributed by atoms with van der Waals surface area (Å²) in [5, 5.41) is 9.97. The Morgan fingerprint density at radius 1 is 1.09 bits per heavy atom. The van der Waals surface area contributed by atoms with Crippen LogP contribution in [0.1, 0.15) is 23.7 Å². The summed E-state index contributed by atoms with van der Waals surface area (Å²) < 4.78 is 37.9. The van der Waals surface area contributed by atoms with Gasteiger partial charge in [0, 0.05) is 5.69 Å². The van der Waals surface area contributed by atoms with Crippen molar-refractivity contribution < 1.29 is 27.2 Å². The predicted molar refractivity (Wildman–Crippen MR) is 126 cm³/mol. The van der Waals surface area contributed by atoms with Crippen molar-refractivity contribution in [1.29, 1.82) is 0 Å². The number of anilines is 2. The maximum absolute atomic E-state index is 12.7. The number of aromatic nitrogens is 3. The summed E-state index contributed by atoms with van der Waals surface area (Å²) in [4.78, 5) is 29.1. The molecule has 0 saturated heterocycles. The van der Waals surface area contributed by atoms with Gasteiger partial charge < -0.3 is 14.5 Å². The zero-order chi connectivity index (χ0) is 25.0. The summed E-state index contributed by atoms with van der Waals surface area (Å²) in [5.41, 5.74) is 1.54. The Bertz CT molecular complexity index is 1470. The van der Waals surface area contributed by atoms with E-state index in [4.69, 9.17) is 20.8 Å². The van der Waals surface area contributed by atoms with Crippen LogP contribution in [0.3, 0.4) is 0 Å². The van der Waals surface area contributed by atoms with E-state index in [0.29, 0.717) is 16.8 Å². The van der Waals surface area contributed by atoms with Crippen LogP contribution in [0.25, 0.3) is 11.1 Å². The highest BCUT2D eigenvalue weighted by molar-refractivity contribution is 7.92. The van der Waals surface area contributed by atoms with Gasteiger partial charge in [-0.25, -0.2) is 18.2 Å². The number of esters is 1. The minimum Gasteiger partial charge on any atom is -0.449 e. The molecule has 1 atom stereocenters. The lowest BCUT2D eigenvalue weighted by atomic mass is 10.2. The molecule has 0 aliphatic rings. The molecule has 2 N–H and O–H groups in total. The lowest BCUT2D eigenvalue weighted by molar-refractivity contribution is -0.124. The fourth-order valence-corrected chi connectivity index (χ4v) is 4.11. The summed E-state index contributed by atoms with van der Waals surface area (Å²) in [6.45, 7) is 1.69. The first-order valence-electron chi connectivity index (χ1n) is 10.2. The maximum Gasteiger partial charge on any atom is 0.339 e. The van der Waals surface area contributed by atoms with Crippen LogP contribution in [0, 0.1) is 0 Å². The zero-order valence-electron chi connectivity index (χ0n) is 18.1. The van der Waals surface area contributed by atoms with E-state index in [-0.39, 0.29) is 27.9 Å². The van der Waals surface area contributed by atoms with E-state index >= 15 is 0 Å². The van der Waals surface area contributed by atoms with Crippen molar-refractivity contribution in [3.63, 3.8) is 0 Å². The summed E-state index contributed by atoms with van der Waals surface area (Å²) in [5.74, 6) is -1.25. The monoisotopic (exact) mass is 515 g/mol. The van der Waals surface area contributed by atoms with Gasteiger partial charge >= 0.3 is 5.97 Å². The van der Waals surface area contributed by atoms with Crippen molar-refractivity contribution in [3.05, 3.63) is 71.7 Å². The molecule has 1 unspecified atom stereocenters. The molecule has 0 fully saturated rings. The van der Waals surface area contributed by atoms with E-state index in [1.165, 1.54) is 54.9 Å². The smallest absolute Gasteiger partial charge is 0.339 e. The van der Waals surface area contributed by atoms with Gasteiger partial charge in [-0.1, -0.05) is 18.5 Å². The molecule has 180 valence electrons. The first kappa shape index (κ1) is 24.1. The summed E-state index contributed by atoms with van der Waals surface area (Å²) in [6.07, 6.45) is 0.419. The molecule has 0 spiro atoms. The summed E-state index contributed by atoms with van der Waals surface area (Å²) >= 11 is 5.65. The van der Waals surface area contributed by atoms with Crippen molar-refractivity contribution >= 4 is 56.1 Å². The van der Waals surface area contributed by atoms with E-state index < -0.39 is 28.0 Å². The second kappa shape index (κ2) is 10.1. The quantitative estimate of drug-likeness (QED) is 0.334. The van der Waals surface area contributed by atoms with Gasteiger partial charge in [0.25, 0.3) is 15.9 Å². The molecule has 11 nitrogen and oxygen atoms in total. The number of hydrogen-bond acceptors (Lipinski definition) is 9. The highest BCUT2D eigenvalue weighted by Gasteiger charge is 2.23. The van der Waals surface area contributed by atoms with Crippen LogP contribution in [-0.2, 0) is 19.6 Å². The fraction of sp³-hybridized carbons (Fsp3) is 0.136. The maximum atomic E-state index is 12.7. The van der Waals surface area contributed by atoms with Crippen LogP contribution in [0.5, 0.6) is 0 Å². The van der Waals surface area contributed by atoms with Crippen molar-refractivity contribution in [2.75, 3.05) is 10.0 Å². The van der Waals surface area contributed by atoms with Crippen molar-refractivity contribution in [2.45, 2.75) is 24.3 Å². The molecule has 2 heterocycles. The van der Waals surface area contributed by atoms with Gasteiger partial charge in [-0.3, -0.25) is 9.52 Å². The van der Waals surface area contributed by atoms with Crippen molar-refractivity contribution in [3.8, 4) is 0 Å². The Morgan fingerprint density at radius 3 is 2.54 bits per heavy atom. The first-order valence-corrected chi connectivity index (χ1v) is 12.1. The van der Waals surface area contributed by atoms with Crippen LogP contribution >= 0.6 is 11.6 Å². The standard InChI is InChI=1S/C22H18ClN5O6S/c1-2-17(34-22(30)13-3-8-16-18(11-13)33-12-24-16)21(29)25-14-4-6-15(7-5-14)35(31,32)28-20-10-9-19(23)26-27-20/h3-12,17H,2H2,1H3,(H,25,29)(H,27,28). The topological polar surface area (TPSA) is 153 Å². The molecule has 4 rings (SSSR count). The SMILES string of the molecule is CCC(OC(=O)c1ccc2ncoc2c1)C(=O)Nc1ccc(S(=O)(=O)Nc2ccc(Cl)nn2)cc1. The number of fused-ring (bicyclic) bond motifs is 1. The van der Waals surface area contributed by atoms with Gasteiger partial charge in [-0.05, 0) is 61.0 Å². The molecule has 0 radical (unpaired) electrons. The van der Waals surface area contributed by atoms with Crippen molar-refractivity contribution in [1.82, 2.24) is 15.2 Å². The number of nitrogens with one attached hydrogen (secondary N) is 2. The fourth-order valence-electron chi connectivity index (χ4n) is 3.01. The molecular weight excluding hydrogens is 498 g/mol. The number of hydrogen-bond donors (Lipinski definition) is 2. The Hall–Kier alpha value is -4.03. The van der Waals surface area contributed by atoms with Gasteiger partial charge in [0.15, 0.2) is 29.1 Å². The molecule has 0 saturated carbocycles. The van der Waals surface area contributed by atoms with Crippen LogP contribution in [-0.4, -0.2) is 41.6 Å². The Morgan fingerprint density at radius 2 is 1.86 bits per heavy atom. The second-order valence-electron chi connectivity index (χ2n) is 7.20. The van der Waals surface area contributed by atoms with Gasteiger partial charge in [0.2, 0.25) is 0 Å². The third kappa shape index (κ3) is 5.73. The lowest BCUT2D eigenvalue weighted by Crippen LogP contribution is -2.32. The number of nitrogens with zero attached hydrogens (tertiary/aromatic N) is 3. The number of halogens is 1. The van der Waals surface area contributed by atoms with Gasteiger partial charge in [-0.2, -0.15) is 0 Å². The minimum absolute atomic E-state index is 0.00171. The number of sulfonamides is 1. The number of carbonyl (C=O) groups excluding carboxylic acids is 2. The largest absolute Gasteiger partial charge is 0.449 e. The minimum atomic E-state index is -3.94. The highest BCUT2D eigenvalue weighted by atomic mass is 35.5. The predicted octanol–water partition coefficient (Wildman–Crippen LogP) is 3.65. The summed E-state index contributed by atoms with van der Waals surface area (Å²) in [7, 11) is -3.94. The van der Waals surface area contributed by atoms with Crippen LogP contribution in [0.4, 0.5) is 11.5 Å². The van der Waals surface area contributed by atoms with Crippen molar-refractivity contribution in [2.24, 2.45) is 0 Å². The Balaban J connectivity index is 1.39. The molecule has 35 heavy (non-hydrogen) atoms. The molecule has 4 aromatic rings. The Labute approximate surface area is 204 Å². The molecule has 1 amide bonds. The average Bonchev–Trinajstić information content (AvgIpc) is 3.32. The van der Waals surface area contributed by atoms with Gasteiger partial charge in [-0.15, -0.1) is 10.2 Å². The number of ether oxygens (including phenoxy) is 1. The van der Waals surface area contributed by atoms with Crippen LogP contribution in [0.15, 0.2) is 70.3 Å². The Kier molecular flexibility index (Phi) is 6.94. The van der Waals surface area contributed by atoms with E-state index in [1.54, 1.807) is 13.0 Å². The number of rotatable bonds is 8. The second-order valence-corrected chi connectivity index (χ2v) is 9.27.